The highest BCUT2D eigenvalue weighted by Crippen LogP contribution is 2.35. The van der Waals surface area contributed by atoms with Crippen LogP contribution in [0.3, 0.4) is 0 Å². The molecule has 0 unspecified atom stereocenters. The van der Waals surface area contributed by atoms with Crippen molar-refractivity contribution in [1.82, 2.24) is 9.80 Å². The average molecular weight is 417 g/mol. The Hall–Kier alpha value is -2.24. The van der Waals surface area contributed by atoms with Gasteiger partial charge in [0.05, 0.1) is 14.2 Å². The molecule has 2 aliphatic rings. The van der Waals surface area contributed by atoms with Gasteiger partial charge in [-0.25, -0.2) is 0 Å². The van der Waals surface area contributed by atoms with Crippen molar-refractivity contribution in [3.05, 3.63) is 23.8 Å². The standard InChI is InChI=1S/C24H36N2O4/c1-24(2,3)23(28)26-14-10-18-15-21(27)25(13-11-19(18)16-26)12-9-17-7-6-8-20(29-4)22(17)30-5/h6-8,18-19H,9-16H2,1-5H3/t18-,19-/m0/s1. The van der Waals surface area contributed by atoms with Gasteiger partial charge in [-0.15, -0.1) is 0 Å². The summed E-state index contributed by atoms with van der Waals surface area (Å²) in [6.07, 6.45) is 3.21. The topological polar surface area (TPSA) is 59.1 Å². The van der Waals surface area contributed by atoms with E-state index in [-0.39, 0.29) is 17.2 Å². The molecule has 0 saturated carbocycles. The van der Waals surface area contributed by atoms with Gasteiger partial charge in [0.25, 0.3) is 0 Å². The number of likely N-dealkylation sites (tertiary alicyclic amines) is 2. The molecule has 0 aromatic heterocycles. The Balaban J connectivity index is 1.63. The van der Waals surface area contributed by atoms with Crippen molar-refractivity contribution in [2.75, 3.05) is 40.4 Å². The number of fused-ring (bicyclic) bond motifs is 1. The number of carbonyl (C=O) groups is 2. The fraction of sp³-hybridized carbons (Fsp3) is 0.667. The second kappa shape index (κ2) is 9.27. The third-order valence-corrected chi connectivity index (χ3v) is 6.52. The highest BCUT2D eigenvalue weighted by atomic mass is 16.5. The predicted molar refractivity (Wildman–Crippen MR) is 117 cm³/mol. The molecule has 2 aliphatic heterocycles. The molecule has 2 amide bonds. The van der Waals surface area contributed by atoms with Gasteiger partial charge in [-0.05, 0) is 42.7 Å². The van der Waals surface area contributed by atoms with Crippen molar-refractivity contribution in [3.63, 3.8) is 0 Å². The van der Waals surface area contributed by atoms with Crippen molar-refractivity contribution in [2.24, 2.45) is 17.3 Å². The fourth-order valence-corrected chi connectivity index (χ4v) is 4.78. The van der Waals surface area contributed by atoms with Gasteiger partial charge in [-0.2, -0.15) is 0 Å². The van der Waals surface area contributed by atoms with Gasteiger partial charge in [0.2, 0.25) is 11.8 Å². The second-order valence-electron chi connectivity index (χ2n) is 9.59. The lowest BCUT2D eigenvalue weighted by Crippen LogP contribution is -2.47. The maximum Gasteiger partial charge on any atom is 0.227 e. The van der Waals surface area contributed by atoms with Gasteiger partial charge in [0, 0.05) is 38.0 Å². The van der Waals surface area contributed by atoms with Gasteiger partial charge >= 0.3 is 0 Å². The SMILES string of the molecule is COc1cccc(CCN2CC[C@H]3CN(C(=O)C(C)(C)C)CC[C@H]3CC2=O)c1OC. The Kier molecular flexibility index (Phi) is 6.94. The maximum absolute atomic E-state index is 12.9. The molecule has 166 valence electrons. The van der Waals surface area contributed by atoms with Gasteiger partial charge in [-0.1, -0.05) is 32.9 Å². The van der Waals surface area contributed by atoms with Gasteiger partial charge in [0.15, 0.2) is 11.5 Å². The van der Waals surface area contributed by atoms with Crippen molar-refractivity contribution in [2.45, 2.75) is 46.5 Å². The monoisotopic (exact) mass is 416 g/mol. The minimum atomic E-state index is -0.352. The molecule has 0 aliphatic carbocycles. The molecular weight excluding hydrogens is 380 g/mol. The first-order valence-electron chi connectivity index (χ1n) is 11.0. The minimum absolute atomic E-state index is 0.221. The van der Waals surface area contributed by atoms with E-state index in [9.17, 15) is 9.59 Å². The largest absolute Gasteiger partial charge is 0.493 e. The van der Waals surface area contributed by atoms with E-state index in [1.165, 1.54) is 0 Å². The normalized spacial score (nSPS) is 22.4. The Morgan fingerprint density at radius 1 is 1.10 bits per heavy atom. The van der Waals surface area contributed by atoms with Crippen LogP contribution in [-0.2, 0) is 16.0 Å². The minimum Gasteiger partial charge on any atom is -0.493 e. The highest BCUT2D eigenvalue weighted by Gasteiger charge is 2.38. The molecule has 6 heteroatoms. The van der Waals surface area contributed by atoms with Crippen LogP contribution in [0.15, 0.2) is 18.2 Å². The number of carbonyl (C=O) groups excluding carboxylic acids is 2. The number of benzene rings is 1. The smallest absolute Gasteiger partial charge is 0.227 e. The molecule has 1 aromatic rings. The number of ether oxygens (including phenoxy) is 2. The van der Waals surface area contributed by atoms with Crippen molar-refractivity contribution in [1.29, 1.82) is 0 Å². The highest BCUT2D eigenvalue weighted by molar-refractivity contribution is 5.81. The third-order valence-electron chi connectivity index (χ3n) is 6.52. The van der Waals surface area contributed by atoms with E-state index in [4.69, 9.17) is 9.47 Å². The summed E-state index contributed by atoms with van der Waals surface area (Å²) in [4.78, 5) is 29.6. The number of nitrogens with zero attached hydrogens (tertiary/aromatic N) is 2. The molecule has 30 heavy (non-hydrogen) atoms. The molecule has 2 heterocycles. The van der Waals surface area contributed by atoms with E-state index >= 15 is 0 Å². The van der Waals surface area contributed by atoms with E-state index in [1.54, 1.807) is 14.2 Å². The lowest BCUT2D eigenvalue weighted by atomic mass is 9.81. The van der Waals surface area contributed by atoms with Crippen LogP contribution in [0.5, 0.6) is 11.5 Å². The van der Waals surface area contributed by atoms with E-state index in [2.05, 4.69) is 0 Å². The van der Waals surface area contributed by atoms with Gasteiger partial charge in [0.1, 0.15) is 0 Å². The van der Waals surface area contributed by atoms with Crippen LogP contribution in [0.25, 0.3) is 0 Å². The van der Waals surface area contributed by atoms with Gasteiger partial charge in [-0.3, -0.25) is 9.59 Å². The number of methoxy groups -OCH3 is 2. The lowest BCUT2D eigenvalue weighted by molar-refractivity contribution is -0.142. The van der Waals surface area contributed by atoms with E-state index in [1.807, 2.05) is 48.8 Å². The Bertz CT molecular complexity index is 771. The average Bonchev–Trinajstić information content (AvgIpc) is 2.88. The lowest BCUT2D eigenvalue weighted by Gasteiger charge is -2.40. The zero-order valence-corrected chi connectivity index (χ0v) is 19.1. The fourth-order valence-electron chi connectivity index (χ4n) is 4.78. The van der Waals surface area contributed by atoms with Crippen LogP contribution in [0.2, 0.25) is 0 Å². The summed E-state index contributed by atoms with van der Waals surface area (Å²) in [5.74, 6) is 2.71. The Morgan fingerprint density at radius 2 is 1.83 bits per heavy atom. The number of hydrogen-bond acceptors (Lipinski definition) is 4. The Labute approximate surface area is 180 Å². The number of rotatable bonds is 5. The van der Waals surface area contributed by atoms with Gasteiger partial charge < -0.3 is 19.3 Å². The van der Waals surface area contributed by atoms with E-state index in [0.29, 0.717) is 30.6 Å². The molecular formula is C24H36N2O4. The molecule has 2 saturated heterocycles. The molecule has 0 N–H and O–H groups in total. The van der Waals surface area contributed by atoms with Crippen LogP contribution >= 0.6 is 0 Å². The van der Waals surface area contributed by atoms with Crippen molar-refractivity contribution < 1.29 is 19.1 Å². The molecule has 6 nitrogen and oxygen atoms in total. The zero-order valence-electron chi connectivity index (χ0n) is 19.1. The quantitative estimate of drug-likeness (QED) is 0.738. The maximum atomic E-state index is 12.9. The van der Waals surface area contributed by atoms with Crippen LogP contribution in [0.4, 0.5) is 0 Å². The molecule has 0 spiro atoms. The van der Waals surface area contributed by atoms with Crippen LogP contribution in [0.1, 0.15) is 45.6 Å². The zero-order chi connectivity index (χ0) is 21.9. The van der Waals surface area contributed by atoms with Crippen LogP contribution in [0, 0.1) is 17.3 Å². The number of para-hydroxylation sites is 1. The molecule has 2 fully saturated rings. The number of piperidine rings is 1. The summed E-state index contributed by atoms with van der Waals surface area (Å²) in [6.45, 7) is 8.92. The Morgan fingerprint density at radius 3 is 2.50 bits per heavy atom. The first-order valence-corrected chi connectivity index (χ1v) is 11.0. The summed E-state index contributed by atoms with van der Waals surface area (Å²) >= 11 is 0. The third kappa shape index (κ3) is 4.90. The number of hydrogen-bond donors (Lipinski definition) is 0. The molecule has 1 aromatic carbocycles. The predicted octanol–water partition coefficient (Wildman–Crippen LogP) is 3.38. The van der Waals surface area contributed by atoms with E-state index < -0.39 is 0 Å². The van der Waals surface area contributed by atoms with Crippen molar-refractivity contribution >= 4 is 11.8 Å². The van der Waals surface area contributed by atoms with Crippen LogP contribution in [-0.4, -0.2) is 62.0 Å². The summed E-state index contributed by atoms with van der Waals surface area (Å²) in [5, 5.41) is 0. The first kappa shape index (κ1) is 22.4. The first-order chi connectivity index (χ1) is 14.2. The summed E-state index contributed by atoms with van der Waals surface area (Å²) < 4.78 is 10.9. The molecule has 0 bridgehead atoms. The van der Waals surface area contributed by atoms with Crippen LogP contribution < -0.4 is 9.47 Å². The summed E-state index contributed by atoms with van der Waals surface area (Å²) in [6, 6.07) is 5.87. The van der Waals surface area contributed by atoms with E-state index in [0.717, 1.165) is 50.2 Å². The molecule has 3 rings (SSSR count). The summed E-state index contributed by atoms with van der Waals surface area (Å²) in [7, 11) is 3.28. The molecule has 2 atom stereocenters. The molecule has 0 radical (unpaired) electrons. The van der Waals surface area contributed by atoms with Crippen molar-refractivity contribution in [3.8, 4) is 11.5 Å². The summed E-state index contributed by atoms with van der Waals surface area (Å²) in [5.41, 5.74) is 0.697. The number of amides is 2. The second-order valence-corrected chi connectivity index (χ2v) is 9.59.